The molecule has 0 aliphatic carbocycles. The second-order valence-electron chi connectivity index (χ2n) is 5.68. The number of hydrazone groups is 1. The van der Waals surface area contributed by atoms with Crippen LogP contribution < -0.4 is 0 Å². The molecule has 0 unspecified atom stereocenters. The van der Waals surface area contributed by atoms with Gasteiger partial charge in [0.2, 0.25) is 0 Å². The van der Waals surface area contributed by atoms with Gasteiger partial charge < -0.3 is 10.2 Å². The molecule has 1 atom stereocenters. The molecule has 0 spiro atoms. The number of hydrogen-bond donors (Lipinski definition) is 2. The number of carbonyl (C=O) groups is 1. The molecule has 2 aromatic carbocycles. The first kappa shape index (κ1) is 18.2. The van der Waals surface area contributed by atoms with Crippen molar-refractivity contribution in [2.75, 3.05) is 0 Å². The summed E-state index contributed by atoms with van der Waals surface area (Å²) in [5.74, 6) is -1.79. The smallest absolute Gasteiger partial charge is 0.438 e. The van der Waals surface area contributed by atoms with E-state index in [0.717, 1.165) is 12.1 Å². The molecule has 0 aromatic heterocycles. The van der Waals surface area contributed by atoms with Crippen LogP contribution in [0.1, 0.15) is 22.3 Å². The maximum Gasteiger partial charge on any atom is 0.438 e. The topological polar surface area (TPSA) is 73.1 Å². The summed E-state index contributed by atoms with van der Waals surface area (Å²) in [6.45, 7) is 0. The van der Waals surface area contributed by atoms with Gasteiger partial charge in [-0.15, -0.1) is 0 Å². The zero-order valence-electron chi connectivity index (χ0n) is 13.0. The second-order valence-corrected chi connectivity index (χ2v) is 6.12. The van der Waals surface area contributed by atoms with Gasteiger partial charge in [-0.3, -0.25) is 4.79 Å². The van der Waals surface area contributed by atoms with Crippen molar-refractivity contribution in [3.05, 3.63) is 64.7 Å². The number of phenols is 1. The van der Waals surface area contributed by atoms with E-state index >= 15 is 0 Å². The first-order valence-corrected chi connectivity index (χ1v) is 7.76. The molecular weight excluding hydrogens is 373 g/mol. The number of aliphatic hydroxyl groups is 1. The largest absolute Gasteiger partial charge is 0.507 e. The molecule has 0 saturated carbocycles. The van der Waals surface area contributed by atoms with E-state index < -0.39 is 35.5 Å². The van der Waals surface area contributed by atoms with E-state index in [0.29, 0.717) is 5.02 Å². The fourth-order valence-electron chi connectivity index (χ4n) is 2.55. The number of amides is 1. The molecular formula is C17H12ClF3N2O3. The summed E-state index contributed by atoms with van der Waals surface area (Å²) in [5, 5.41) is 24.0. The number of benzene rings is 2. The average Bonchev–Trinajstić information content (AvgIpc) is 2.94. The lowest BCUT2D eigenvalue weighted by molar-refractivity contribution is -0.297. The molecule has 2 N–H and O–H groups in total. The summed E-state index contributed by atoms with van der Waals surface area (Å²) in [6.07, 6.45) is -6.11. The first-order chi connectivity index (χ1) is 12.1. The monoisotopic (exact) mass is 384 g/mol. The van der Waals surface area contributed by atoms with Crippen molar-refractivity contribution in [1.82, 2.24) is 5.01 Å². The van der Waals surface area contributed by atoms with Gasteiger partial charge in [0.15, 0.2) is 0 Å². The van der Waals surface area contributed by atoms with Crippen LogP contribution in [0.2, 0.25) is 5.02 Å². The quantitative estimate of drug-likeness (QED) is 0.831. The van der Waals surface area contributed by atoms with Gasteiger partial charge in [0.25, 0.3) is 11.6 Å². The molecule has 0 bridgehead atoms. The van der Waals surface area contributed by atoms with E-state index in [4.69, 9.17) is 11.6 Å². The van der Waals surface area contributed by atoms with Crippen LogP contribution in [0.4, 0.5) is 13.2 Å². The van der Waals surface area contributed by atoms with Crippen LogP contribution in [-0.4, -0.2) is 38.7 Å². The standard InChI is InChI=1S/C17H12ClF3N2O3/c18-11-7-5-10(6-8-11)13-9-16(26,17(19,20)21)23(22-13)15(25)12-3-1-2-4-14(12)24/h1-8,24,26H,9H2/t16-/m0/s1. The van der Waals surface area contributed by atoms with Crippen LogP contribution in [0, 0.1) is 0 Å². The average molecular weight is 385 g/mol. The summed E-state index contributed by atoms with van der Waals surface area (Å²) in [6, 6.07) is 10.9. The highest BCUT2D eigenvalue weighted by molar-refractivity contribution is 6.30. The van der Waals surface area contributed by atoms with Crippen molar-refractivity contribution in [3.63, 3.8) is 0 Å². The third-order valence-electron chi connectivity index (χ3n) is 3.94. The fourth-order valence-corrected chi connectivity index (χ4v) is 2.68. The molecule has 1 heterocycles. The zero-order valence-corrected chi connectivity index (χ0v) is 13.8. The van der Waals surface area contributed by atoms with Crippen molar-refractivity contribution in [2.24, 2.45) is 5.10 Å². The van der Waals surface area contributed by atoms with Gasteiger partial charge in [0, 0.05) is 5.02 Å². The number of aromatic hydroxyl groups is 1. The third kappa shape index (κ3) is 3.02. The van der Waals surface area contributed by atoms with Crippen LogP contribution in [0.15, 0.2) is 53.6 Å². The molecule has 136 valence electrons. The number of para-hydroxylation sites is 1. The number of halogens is 4. The molecule has 2 aromatic rings. The molecule has 3 rings (SSSR count). The molecule has 5 nitrogen and oxygen atoms in total. The van der Waals surface area contributed by atoms with Crippen LogP contribution in [-0.2, 0) is 0 Å². The predicted molar refractivity (Wildman–Crippen MR) is 87.9 cm³/mol. The molecule has 1 aliphatic heterocycles. The number of hydrogen-bond acceptors (Lipinski definition) is 4. The van der Waals surface area contributed by atoms with Crippen molar-refractivity contribution >= 4 is 23.2 Å². The van der Waals surface area contributed by atoms with Gasteiger partial charge in [-0.05, 0) is 29.8 Å². The maximum atomic E-state index is 13.5. The minimum Gasteiger partial charge on any atom is -0.507 e. The molecule has 0 fully saturated rings. The zero-order chi connectivity index (χ0) is 19.1. The van der Waals surface area contributed by atoms with Crippen LogP contribution in [0.5, 0.6) is 5.75 Å². The molecule has 1 aliphatic rings. The van der Waals surface area contributed by atoms with Gasteiger partial charge in [-0.1, -0.05) is 35.9 Å². The Bertz CT molecular complexity index is 884. The Morgan fingerprint density at radius 1 is 1.15 bits per heavy atom. The fraction of sp³-hybridized carbons (Fsp3) is 0.176. The van der Waals surface area contributed by atoms with Gasteiger partial charge >= 0.3 is 6.18 Å². The highest BCUT2D eigenvalue weighted by Crippen LogP contribution is 2.42. The van der Waals surface area contributed by atoms with E-state index in [2.05, 4.69) is 5.10 Å². The summed E-state index contributed by atoms with van der Waals surface area (Å²) in [7, 11) is 0. The van der Waals surface area contributed by atoms with Gasteiger partial charge in [-0.25, -0.2) is 0 Å². The van der Waals surface area contributed by atoms with Gasteiger partial charge in [0.05, 0.1) is 17.7 Å². The molecule has 9 heteroatoms. The van der Waals surface area contributed by atoms with Gasteiger partial charge in [0.1, 0.15) is 5.75 Å². The highest BCUT2D eigenvalue weighted by Gasteiger charge is 2.63. The molecule has 0 saturated heterocycles. The Morgan fingerprint density at radius 2 is 1.77 bits per heavy atom. The van der Waals surface area contributed by atoms with Crippen molar-refractivity contribution in [1.29, 1.82) is 0 Å². The van der Waals surface area contributed by atoms with Crippen LogP contribution >= 0.6 is 11.6 Å². The number of nitrogens with zero attached hydrogens (tertiary/aromatic N) is 2. The lowest BCUT2D eigenvalue weighted by Gasteiger charge is -2.32. The third-order valence-corrected chi connectivity index (χ3v) is 4.20. The van der Waals surface area contributed by atoms with Gasteiger partial charge in [-0.2, -0.15) is 23.3 Å². The maximum absolute atomic E-state index is 13.5. The number of alkyl halides is 3. The minimum absolute atomic E-state index is 0.0357. The summed E-state index contributed by atoms with van der Waals surface area (Å²) < 4.78 is 40.6. The van der Waals surface area contributed by atoms with E-state index in [9.17, 15) is 28.2 Å². The number of phenolic OH excluding ortho intramolecular Hbond substituents is 1. The normalized spacial score (nSPS) is 20.2. The Hall–Kier alpha value is -2.58. The van der Waals surface area contributed by atoms with E-state index in [-0.39, 0.29) is 16.3 Å². The second kappa shape index (κ2) is 6.30. The Labute approximate surface area is 150 Å². The predicted octanol–water partition coefficient (Wildman–Crippen LogP) is 3.55. The highest BCUT2D eigenvalue weighted by atomic mass is 35.5. The Morgan fingerprint density at radius 3 is 2.35 bits per heavy atom. The van der Waals surface area contributed by atoms with Crippen molar-refractivity contribution < 1.29 is 28.2 Å². The Balaban J connectivity index is 2.07. The molecule has 1 amide bonds. The van der Waals surface area contributed by atoms with E-state index in [1.165, 1.54) is 36.4 Å². The minimum atomic E-state index is -5.16. The lowest BCUT2D eigenvalue weighted by atomic mass is 10.0. The van der Waals surface area contributed by atoms with E-state index in [1.807, 2.05) is 0 Å². The molecule has 26 heavy (non-hydrogen) atoms. The number of rotatable bonds is 2. The Kier molecular flexibility index (Phi) is 4.41. The SMILES string of the molecule is O=C(c1ccccc1O)N1N=C(c2ccc(Cl)cc2)C[C@]1(O)C(F)(F)F. The summed E-state index contributed by atoms with van der Waals surface area (Å²) >= 11 is 5.76. The summed E-state index contributed by atoms with van der Waals surface area (Å²) in [4.78, 5) is 12.5. The lowest BCUT2D eigenvalue weighted by Crippen LogP contribution is -2.56. The van der Waals surface area contributed by atoms with Crippen molar-refractivity contribution in [2.45, 2.75) is 18.3 Å². The van der Waals surface area contributed by atoms with E-state index in [1.54, 1.807) is 0 Å². The van der Waals surface area contributed by atoms with Crippen LogP contribution in [0.25, 0.3) is 0 Å². The number of carbonyl (C=O) groups excluding carboxylic acids is 1. The van der Waals surface area contributed by atoms with Crippen molar-refractivity contribution in [3.8, 4) is 5.75 Å². The summed E-state index contributed by atoms with van der Waals surface area (Å²) in [5.41, 5.74) is -3.78. The molecule has 0 radical (unpaired) electrons. The van der Waals surface area contributed by atoms with Crippen LogP contribution in [0.3, 0.4) is 0 Å². The first-order valence-electron chi connectivity index (χ1n) is 7.38.